The van der Waals surface area contributed by atoms with E-state index in [4.69, 9.17) is 9.15 Å². The molecule has 3 rings (SSSR count). The van der Waals surface area contributed by atoms with Gasteiger partial charge in [0, 0.05) is 19.1 Å². The van der Waals surface area contributed by atoms with Crippen molar-refractivity contribution >= 4 is 0 Å². The topological polar surface area (TPSA) is 34.4 Å². The van der Waals surface area contributed by atoms with Crippen LogP contribution in [0.3, 0.4) is 0 Å². The molecule has 112 valence electrons. The molecule has 2 heterocycles. The van der Waals surface area contributed by atoms with Crippen molar-refractivity contribution in [2.75, 3.05) is 19.7 Å². The third-order valence-electron chi connectivity index (χ3n) is 4.98. The van der Waals surface area contributed by atoms with E-state index >= 15 is 0 Å². The van der Waals surface area contributed by atoms with Crippen molar-refractivity contribution in [3.8, 4) is 0 Å². The molecular weight excluding hydrogens is 250 g/mol. The van der Waals surface area contributed by atoms with Gasteiger partial charge in [-0.3, -0.25) is 0 Å². The van der Waals surface area contributed by atoms with Gasteiger partial charge in [0.1, 0.15) is 0 Å². The number of furan rings is 1. The third kappa shape index (κ3) is 3.64. The van der Waals surface area contributed by atoms with Crippen LogP contribution in [-0.4, -0.2) is 25.8 Å². The summed E-state index contributed by atoms with van der Waals surface area (Å²) in [5.74, 6) is 1.41. The molecule has 0 spiro atoms. The van der Waals surface area contributed by atoms with Crippen LogP contribution in [0.25, 0.3) is 0 Å². The van der Waals surface area contributed by atoms with Crippen molar-refractivity contribution in [2.24, 2.45) is 5.92 Å². The van der Waals surface area contributed by atoms with E-state index in [1.807, 2.05) is 6.26 Å². The predicted molar refractivity (Wildman–Crippen MR) is 79.9 cm³/mol. The van der Waals surface area contributed by atoms with Gasteiger partial charge >= 0.3 is 0 Å². The van der Waals surface area contributed by atoms with Gasteiger partial charge in [-0.1, -0.05) is 32.1 Å². The molecule has 1 aliphatic carbocycles. The highest BCUT2D eigenvalue weighted by Crippen LogP contribution is 2.30. The molecular formula is C17H27NO2. The van der Waals surface area contributed by atoms with Crippen LogP contribution < -0.4 is 5.32 Å². The fourth-order valence-corrected chi connectivity index (χ4v) is 3.73. The van der Waals surface area contributed by atoms with Crippen molar-refractivity contribution in [2.45, 2.75) is 57.0 Å². The first-order valence-corrected chi connectivity index (χ1v) is 8.28. The fourth-order valence-electron chi connectivity index (χ4n) is 3.73. The minimum absolute atomic E-state index is 0.310. The first-order valence-electron chi connectivity index (χ1n) is 8.28. The zero-order valence-corrected chi connectivity index (χ0v) is 12.4. The van der Waals surface area contributed by atoms with Gasteiger partial charge in [0.15, 0.2) is 0 Å². The first kappa shape index (κ1) is 14.2. The number of nitrogens with one attached hydrogen (secondary N) is 1. The van der Waals surface area contributed by atoms with E-state index in [-0.39, 0.29) is 0 Å². The molecule has 1 saturated heterocycles. The highest BCUT2D eigenvalue weighted by atomic mass is 16.5. The number of rotatable bonds is 5. The van der Waals surface area contributed by atoms with Crippen molar-refractivity contribution in [3.63, 3.8) is 0 Å². The Kier molecular flexibility index (Phi) is 5.15. The lowest BCUT2D eigenvalue weighted by molar-refractivity contribution is 0.0130. The Hall–Kier alpha value is -0.800. The van der Waals surface area contributed by atoms with Crippen LogP contribution in [0.1, 0.15) is 56.4 Å². The molecule has 20 heavy (non-hydrogen) atoms. The zero-order chi connectivity index (χ0) is 13.6. The van der Waals surface area contributed by atoms with Gasteiger partial charge in [0.2, 0.25) is 0 Å². The molecule has 3 nitrogen and oxygen atoms in total. The molecule has 2 atom stereocenters. The number of hydrogen-bond acceptors (Lipinski definition) is 3. The molecule has 3 heteroatoms. The molecule has 1 aromatic rings. The Labute approximate surface area is 122 Å². The SMILES string of the molecule is c1cc([C@H]2CCNC[C@@H]2OCCC2CCCCC2)co1. The van der Waals surface area contributed by atoms with Gasteiger partial charge < -0.3 is 14.5 Å². The van der Waals surface area contributed by atoms with E-state index in [0.29, 0.717) is 12.0 Å². The van der Waals surface area contributed by atoms with Crippen molar-refractivity contribution in [1.29, 1.82) is 0 Å². The van der Waals surface area contributed by atoms with E-state index in [0.717, 1.165) is 32.0 Å². The number of ether oxygens (including phenoxy) is 1. The van der Waals surface area contributed by atoms with Gasteiger partial charge in [0.05, 0.1) is 18.6 Å². The van der Waals surface area contributed by atoms with Crippen molar-refractivity contribution < 1.29 is 9.15 Å². The smallest absolute Gasteiger partial charge is 0.0938 e. The largest absolute Gasteiger partial charge is 0.472 e. The van der Waals surface area contributed by atoms with Crippen LogP contribution in [0.2, 0.25) is 0 Å². The molecule has 0 unspecified atom stereocenters. The summed E-state index contributed by atoms with van der Waals surface area (Å²) < 4.78 is 11.5. The summed E-state index contributed by atoms with van der Waals surface area (Å²) in [5, 5.41) is 3.46. The van der Waals surface area contributed by atoms with E-state index in [9.17, 15) is 0 Å². The second-order valence-corrected chi connectivity index (χ2v) is 6.36. The molecule has 2 aliphatic rings. The monoisotopic (exact) mass is 277 g/mol. The fraction of sp³-hybridized carbons (Fsp3) is 0.765. The Morgan fingerprint density at radius 2 is 2.10 bits per heavy atom. The molecule has 0 bridgehead atoms. The molecule has 0 radical (unpaired) electrons. The molecule has 2 fully saturated rings. The lowest BCUT2D eigenvalue weighted by atomic mass is 9.87. The normalized spacial score (nSPS) is 28.6. The molecule has 1 aromatic heterocycles. The highest BCUT2D eigenvalue weighted by Gasteiger charge is 2.28. The first-order chi connectivity index (χ1) is 9.93. The Morgan fingerprint density at radius 3 is 2.90 bits per heavy atom. The van der Waals surface area contributed by atoms with Gasteiger partial charge in [-0.05, 0) is 36.9 Å². The lowest BCUT2D eigenvalue weighted by Gasteiger charge is -2.32. The van der Waals surface area contributed by atoms with Gasteiger partial charge in [0.25, 0.3) is 0 Å². The van der Waals surface area contributed by atoms with Gasteiger partial charge in [-0.25, -0.2) is 0 Å². The average Bonchev–Trinajstić information content (AvgIpc) is 3.03. The summed E-state index contributed by atoms with van der Waals surface area (Å²) in [5.41, 5.74) is 1.30. The van der Waals surface area contributed by atoms with Crippen LogP contribution in [0.4, 0.5) is 0 Å². The van der Waals surface area contributed by atoms with Crippen LogP contribution in [0.5, 0.6) is 0 Å². The lowest BCUT2D eigenvalue weighted by Crippen LogP contribution is -2.41. The Balaban J connectivity index is 1.47. The van der Waals surface area contributed by atoms with Crippen LogP contribution in [0.15, 0.2) is 23.0 Å². The maximum atomic E-state index is 6.22. The summed E-state index contributed by atoms with van der Waals surface area (Å²) in [6, 6.07) is 2.09. The second-order valence-electron chi connectivity index (χ2n) is 6.36. The van der Waals surface area contributed by atoms with Gasteiger partial charge in [-0.15, -0.1) is 0 Å². The number of piperidine rings is 1. The number of hydrogen-bond donors (Lipinski definition) is 1. The van der Waals surface area contributed by atoms with Crippen molar-refractivity contribution in [1.82, 2.24) is 5.32 Å². The van der Waals surface area contributed by atoms with E-state index < -0.39 is 0 Å². The Morgan fingerprint density at radius 1 is 1.20 bits per heavy atom. The molecule has 1 aliphatic heterocycles. The standard InChI is InChI=1S/C17H27NO2/c1-2-4-14(5-3-1)7-11-20-17-12-18-9-6-16(17)15-8-10-19-13-15/h8,10,13-14,16-18H,1-7,9,11-12H2/t16-,17+/m1/s1. The van der Waals surface area contributed by atoms with Crippen LogP contribution in [0, 0.1) is 5.92 Å². The summed E-state index contributed by atoms with van der Waals surface area (Å²) in [6.07, 6.45) is 13.5. The highest BCUT2D eigenvalue weighted by molar-refractivity contribution is 5.15. The summed E-state index contributed by atoms with van der Waals surface area (Å²) >= 11 is 0. The van der Waals surface area contributed by atoms with Crippen LogP contribution >= 0.6 is 0 Å². The summed E-state index contributed by atoms with van der Waals surface area (Å²) in [4.78, 5) is 0. The van der Waals surface area contributed by atoms with Crippen LogP contribution in [-0.2, 0) is 4.74 Å². The summed E-state index contributed by atoms with van der Waals surface area (Å²) in [6.45, 7) is 2.98. The summed E-state index contributed by atoms with van der Waals surface area (Å²) in [7, 11) is 0. The quantitative estimate of drug-likeness (QED) is 0.891. The van der Waals surface area contributed by atoms with E-state index in [1.54, 1.807) is 6.26 Å². The van der Waals surface area contributed by atoms with Crippen molar-refractivity contribution in [3.05, 3.63) is 24.2 Å². The molecule has 0 amide bonds. The maximum Gasteiger partial charge on any atom is 0.0938 e. The van der Waals surface area contributed by atoms with Gasteiger partial charge in [-0.2, -0.15) is 0 Å². The third-order valence-corrected chi connectivity index (χ3v) is 4.98. The molecule has 1 N–H and O–H groups in total. The minimum atomic E-state index is 0.310. The average molecular weight is 277 g/mol. The van der Waals surface area contributed by atoms with E-state index in [1.165, 1.54) is 44.1 Å². The Bertz CT molecular complexity index is 370. The predicted octanol–water partition coefficient (Wildman–Crippen LogP) is 3.71. The zero-order valence-electron chi connectivity index (χ0n) is 12.4. The molecule has 0 aromatic carbocycles. The second kappa shape index (κ2) is 7.28. The molecule has 1 saturated carbocycles. The maximum absolute atomic E-state index is 6.22. The minimum Gasteiger partial charge on any atom is -0.472 e. The van der Waals surface area contributed by atoms with E-state index in [2.05, 4.69) is 11.4 Å².